The molecule has 3 fully saturated rings. The molecule has 0 saturated carbocycles. The Labute approximate surface area is 212 Å². The van der Waals surface area contributed by atoms with Crippen molar-refractivity contribution in [3.05, 3.63) is 35.9 Å². The Bertz CT molecular complexity index is 1120. The first-order valence-corrected chi connectivity index (χ1v) is 12.6. The third-order valence-electron chi connectivity index (χ3n) is 6.86. The highest BCUT2D eigenvalue weighted by atomic mass is 32.2. The van der Waals surface area contributed by atoms with Crippen LogP contribution in [-0.2, 0) is 28.8 Å². The monoisotopic (exact) mass is 516 g/mol. The van der Waals surface area contributed by atoms with E-state index in [0.29, 0.717) is 12.1 Å². The Hall–Kier alpha value is -3.41. The van der Waals surface area contributed by atoms with Gasteiger partial charge < -0.3 is 20.2 Å². The molecule has 1 aromatic rings. The summed E-state index contributed by atoms with van der Waals surface area (Å²) in [6.45, 7) is 5.84. The van der Waals surface area contributed by atoms with E-state index in [1.807, 2.05) is 0 Å². The average Bonchev–Trinajstić information content (AvgIpc) is 3.10. The first-order valence-electron chi connectivity index (χ1n) is 11.7. The van der Waals surface area contributed by atoms with Crippen molar-refractivity contribution in [3.8, 4) is 0 Å². The van der Waals surface area contributed by atoms with Gasteiger partial charge in [0.15, 0.2) is 0 Å². The van der Waals surface area contributed by atoms with Gasteiger partial charge >= 0.3 is 17.8 Å². The zero-order valence-corrected chi connectivity index (χ0v) is 21.0. The number of aliphatic carboxylic acids is 1. The largest absolute Gasteiger partial charge is 0.480 e. The van der Waals surface area contributed by atoms with Gasteiger partial charge in [-0.25, -0.2) is 4.79 Å². The summed E-state index contributed by atoms with van der Waals surface area (Å²) in [5, 5.41) is 11.8. The molecule has 5 amide bonds. The van der Waals surface area contributed by atoms with E-state index in [9.17, 15) is 33.9 Å². The molecule has 192 valence electrons. The number of hydrogen-bond donors (Lipinski definition) is 2. The van der Waals surface area contributed by atoms with E-state index in [4.69, 9.17) is 0 Å². The molecule has 3 heterocycles. The fourth-order valence-corrected chi connectivity index (χ4v) is 6.57. The first-order chi connectivity index (χ1) is 17.0. The van der Waals surface area contributed by atoms with Gasteiger partial charge in [-0.15, -0.1) is 11.8 Å². The predicted molar refractivity (Wildman–Crippen MR) is 128 cm³/mol. The summed E-state index contributed by atoms with van der Waals surface area (Å²) in [5.74, 6) is -5.53. The zero-order valence-electron chi connectivity index (χ0n) is 20.2. The van der Waals surface area contributed by atoms with Crippen LogP contribution in [0.15, 0.2) is 30.3 Å². The molecule has 4 rings (SSSR count). The van der Waals surface area contributed by atoms with Crippen LogP contribution in [0.5, 0.6) is 0 Å². The lowest BCUT2D eigenvalue weighted by Gasteiger charge is -2.44. The summed E-state index contributed by atoms with van der Waals surface area (Å²) in [7, 11) is 0. The minimum Gasteiger partial charge on any atom is -0.480 e. The number of amides is 5. The minimum atomic E-state index is -1.11. The molecule has 3 aliphatic rings. The van der Waals surface area contributed by atoms with Crippen LogP contribution in [-0.4, -0.2) is 97.2 Å². The quantitative estimate of drug-likeness (QED) is 0.381. The molecule has 1 aromatic carbocycles. The number of carbonyl (C=O) groups excluding carboxylic acids is 5. The number of carboxylic acid groups (broad SMARTS) is 1. The van der Waals surface area contributed by atoms with Gasteiger partial charge in [-0.2, -0.15) is 0 Å². The number of nitrogens with one attached hydrogen (secondary N) is 1. The predicted octanol–water partition coefficient (Wildman–Crippen LogP) is 0.00930. The lowest BCUT2D eigenvalue weighted by atomic mass is 9.92. The molecule has 1 unspecified atom stereocenters. The van der Waals surface area contributed by atoms with Gasteiger partial charge in [0.2, 0.25) is 17.7 Å². The highest BCUT2D eigenvalue weighted by Crippen LogP contribution is 2.50. The molecule has 0 aliphatic carbocycles. The number of carboxylic acids is 1. The number of hydrogen-bond acceptors (Lipinski definition) is 7. The van der Waals surface area contributed by atoms with E-state index in [1.165, 1.54) is 21.6 Å². The molecule has 4 atom stereocenters. The van der Waals surface area contributed by atoms with Crippen molar-refractivity contribution in [2.75, 3.05) is 19.6 Å². The van der Waals surface area contributed by atoms with Crippen LogP contribution in [0.3, 0.4) is 0 Å². The van der Waals surface area contributed by atoms with Crippen LogP contribution in [0.1, 0.15) is 38.7 Å². The molecular formula is C24H28N4O7S. The normalized spacial score (nSPS) is 25.8. The van der Waals surface area contributed by atoms with Gasteiger partial charge in [0.1, 0.15) is 17.5 Å². The van der Waals surface area contributed by atoms with Crippen molar-refractivity contribution in [1.29, 1.82) is 0 Å². The lowest BCUT2D eigenvalue weighted by molar-refractivity contribution is -0.162. The highest BCUT2D eigenvalue weighted by Gasteiger charge is 2.64. The summed E-state index contributed by atoms with van der Waals surface area (Å²) >= 11 is 1.30. The maximum absolute atomic E-state index is 13.4. The molecule has 0 bridgehead atoms. The number of fused-ring (bicyclic) bond motifs is 1. The van der Waals surface area contributed by atoms with Crippen molar-refractivity contribution in [1.82, 2.24) is 20.0 Å². The SMILES string of the molecule is CCN1CCN(C(=O)C[C@@H](C(=O)N[C@@H]2C(=O)N3C2SC(C)(C)[C@@H]3C(=O)O)c2ccccc2)C(=O)C1=O. The van der Waals surface area contributed by atoms with Crippen LogP contribution in [0.25, 0.3) is 0 Å². The van der Waals surface area contributed by atoms with Crippen molar-refractivity contribution in [3.63, 3.8) is 0 Å². The topological polar surface area (TPSA) is 144 Å². The number of β-lactam (4-membered cyclic amide) rings is 1. The van der Waals surface area contributed by atoms with Crippen molar-refractivity contribution in [2.24, 2.45) is 0 Å². The molecule has 0 radical (unpaired) electrons. The third-order valence-corrected chi connectivity index (χ3v) is 8.43. The molecule has 0 aromatic heterocycles. The Kier molecular flexibility index (Phi) is 6.82. The molecule has 2 N–H and O–H groups in total. The fraction of sp³-hybridized carbons (Fsp3) is 0.500. The fourth-order valence-electron chi connectivity index (χ4n) is 4.95. The molecule has 12 heteroatoms. The van der Waals surface area contributed by atoms with Crippen molar-refractivity contribution in [2.45, 2.75) is 55.3 Å². The van der Waals surface area contributed by atoms with Crippen LogP contribution in [0.4, 0.5) is 0 Å². The lowest BCUT2D eigenvalue weighted by Crippen LogP contribution is -2.71. The molecule has 11 nitrogen and oxygen atoms in total. The highest BCUT2D eigenvalue weighted by molar-refractivity contribution is 8.01. The average molecular weight is 517 g/mol. The summed E-state index contributed by atoms with van der Waals surface area (Å²) in [6, 6.07) is 6.57. The smallest absolute Gasteiger partial charge is 0.327 e. The van der Waals surface area contributed by atoms with E-state index < -0.39 is 63.6 Å². The number of likely N-dealkylation sites (N-methyl/N-ethyl adjacent to an activating group) is 1. The van der Waals surface area contributed by atoms with Gasteiger partial charge in [-0.3, -0.25) is 28.9 Å². The number of rotatable bonds is 7. The molecule has 3 aliphatic heterocycles. The standard InChI is InChI=1S/C24H28N4O7S/c1-4-26-10-11-27(21(33)20(26)32)15(29)12-14(13-8-6-5-7-9-13)18(30)25-16-19(31)28-17(23(34)35)24(2,3)36-22(16)28/h5-9,14,16-17,22H,4,10-12H2,1-3H3,(H,25,30)(H,34,35)/t14-,16-,17+,22?/m1/s1. The summed E-state index contributed by atoms with van der Waals surface area (Å²) in [4.78, 5) is 79.2. The number of nitrogens with zero attached hydrogens (tertiary/aromatic N) is 3. The summed E-state index contributed by atoms with van der Waals surface area (Å²) in [5.41, 5.74) is 0.515. The van der Waals surface area contributed by atoms with E-state index in [1.54, 1.807) is 51.1 Å². The van der Waals surface area contributed by atoms with Crippen LogP contribution < -0.4 is 5.32 Å². The van der Waals surface area contributed by atoms with Crippen LogP contribution in [0, 0.1) is 0 Å². The van der Waals surface area contributed by atoms with Gasteiger partial charge in [0.25, 0.3) is 0 Å². The Morgan fingerprint density at radius 2 is 1.78 bits per heavy atom. The maximum Gasteiger partial charge on any atom is 0.327 e. The van der Waals surface area contributed by atoms with E-state index in [0.717, 1.165) is 4.90 Å². The second kappa shape index (κ2) is 9.57. The number of piperazine rings is 1. The van der Waals surface area contributed by atoms with Gasteiger partial charge in [-0.05, 0) is 26.3 Å². The number of carbonyl (C=O) groups is 6. The zero-order chi connectivity index (χ0) is 26.4. The molecular weight excluding hydrogens is 488 g/mol. The second-order valence-electron chi connectivity index (χ2n) is 9.49. The van der Waals surface area contributed by atoms with Gasteiger partial charge in [0, 0.05) is 30.8 Å². The Balaban J connectivity index is 1.51. The third kappa shape index (κ3) is 4.34. The van der Waals surface area contributed by atoms with Crippen LogP contribution in [0.2, 0.25) is 0 Å². The first kappa shape index (κ1) is 25.7. The maximum atomic E-state index is 13.4. The van der Waals surface area contributed by atoms with Crippen LogP contribution >= 0.6 is 11.8 Å². The van der Waals surface area contributed by atoms with E-state index in [2.05, 4.69) is 5.32 Å². The van der Waals surface area contributed by atoms with Gasteiger partial charge in [-0.1, -0.05) is 30.3 Å². The Morgan fingerprint density at radius 1 is 1.11 bits per heavy atom. The van der Waals surface area contributed by atoms with E-state index >= 15 is 0 Å². The number of thioether (sulfide) groups is 1. The molecule has 36 heavy (non-hydrogen) atoms. The van der Waals surface area contributed by atoms with Crippen molar-refractivity contribution >= 4 is 47.3 Å². The molecule has 3 saturated heterocycles. The van der Waals surface area contributed by atoms with Gasteiger partial charge in [0.05, 0.1) is 5.92 Å². The number of benzene rings is 1. The van der Waals surface area contributed by atoms with E-state index in [-0.39, 0.29) is 19.5 Å². The van der Waals surface area contributed by atoms with Crippen molar-refractivity contribution < 1.29 is 33.9 Å². The number of imide groups is 1. The molecule has 0 spiro atoms. The Morgan fingerprint density at radius 3 is 2.39 bits per heavy atom. The second-order valence-corrected chi connectivity index (χ2v) is 11.3. The summed E-state index contributed by atoms with van der Waals surface area (Å²) < 4.78 is -0.742. The minimum absolute atomic E-state index is 0.0425. The summed E-state index contributed by atoms with van der Waals surface area (Å²) in [6.07, 6.45) is -0.368.